The van der Waals surface area contributed by atoms with Crippen molar-refractivity contribution in [3.63, 3.8) is 0 Å². The van der Waals surface area contributed by atoms with E-state index in [-0.39, 0.29) is 18.1 Å². The van der Waals surface area contributed by atoms with E-state index >= 15 is 0 Å². The van der Waals surface area contributed by atoms with Crippen molar-refractivity contribution in [2.24, 2.45) is 0 Å². The number of carbonyl (C=O) groups is 2. The second-order valence-corrected chi connectivity index (χ2v) is 8.56. The lowest BCUT2D eigenvalue weighted by Crippen LogP contribution is -2.54. The molecule has 3 aromatic rings. The summed E-state index contributed by atoms with van der Waals surface area (Å²) >= 11 is 6.51. The molecular weight excluding hydrogens is 414 g/mol. The number of Topliss-reactive ketones (excluding diaryl/α,β-unsaturated/α-hetero) is 1. The van der Waals surface area contributed by atoms with Gasteiger partial charge in [0.05, 0.1) is 0 Å². The first-order valence-electron chi connectivity index (χ1n) is 10.6. The molecule has 1 aliphatic carbocycles. The van der Waals surface area contributed by atoms with Crippen molar-refractivity contribution in [2.75, 3.05) is 7.05 Å². The van der Waals surface area contributed by atoms with Crippen LogP contribution >= 0.6 is 11.6 Å². The van der Waals surface area contributed by atoms with Crippen LogP contribution in [-0.4, -0.2) is 43.2 Å². The second kappa shape index (κ2) is 8.38. The molecule has 1 aliphatic rings. The molecule has 8 heteroatoms. The molecule has 0 saturated heterocycles. The molecule has 1 saturated carbocycles. The van der Waals surface area contributed by atoms with Gasteiger partial charge in [-0.1, -0.05) is 29.8 Å². The van der Waals surface area contributed by atoms with Crippen molar-refractivity contribution in [3.8, 4) is 0 Å². The summed E-state index contributed by atoms with van der Waals surface area (Å²) in [6.45, 7) is 3.87. The highest BCUT2D eigenvalue weighted by atomic mass is 35.5. The topological polar surface area (TPSA) is 80.5 Å². The Bertz CT molecular complexity index is 1160. The summed E-state index contributed by atoms with van der Waals surface area (Å²) in [5.74, 6) is 0.515. The average Bonchev–Trinajstić information content (AvgIpc) is 3.22. The molecule has 1 aromatic carbocycles. The van der Waals surface area contributed by atoms with Gasteiger partial charge in [-0.25, -0.2) is 9.50 Å². The van der Waals surface area contributed by atoms with Gasteiger partial charge in [-0.15, -0.1) is 0 Å². The molecule has 0 N–H and O–H groups in total. The average molecular weight is 440 g/mol. The number of benzene rings is 1. The number of halogens is 1. The third-order valence-electron chi connectivity index (χ3n) is 6.50. The SMILES string of the molecule is Cc1nc2ncnn2c(C)c1CCC(=O)N(C)C1(c2ccccc2Cl)CCCCC1=O. The van der Waals surface area contributed by atoms with E-state index in [1.165, 1.54) is 6.33 Å². The minimum Gasteiger partial charge on any atom is -0.329 e. The molecular formula is C23H26ClN5O2. The van der Waals surface area contributed by atoms with Gasteiger partial charge in [0.1, 0.15) is 11.9 Å². The largest absolute Gasteiger partial charge is 0.329 e. The van der Waals surface area contributed by atoms with Crippen molar-refractivity contribution in [2.45, 2.75) is 57.9 Å². The Kier molecular flexibility index (Phi) is 5.79. The summed E-state index contributed by atoms with van der Waals surface area (Å²) in [4.78, 5) is 36.9. The van der Waals surface area contributed by atoms with Crippen LogP contribution in [0.1, 0.15) is 54.6 Å². The van der Waals surface area contributed by atoms with E-state index in [2.05, 4.69) is 15.1 Å². The van der Waals surface area contributed by atoms with Crippen molar-refractivity contribution in [3.05, 3.63) is 58.1 Å². The van der Waals surface area contributed by atoms with Crippen LogP contribution < -0.4 is 0 Å². The highest BCUT2D eigenvalue weighted by Gasteiger charge is 2.47. The molecule has 162 valence electrons. The first-order valence-corrected chi connectivity index (χ1v) is 10.9. The molecule has 0 bridgehead atoms. The van der Waals surface area contributed by atoms with E-state index in [9.17, 15) is 9.59 Å². The fourth-order valence-electron chi connectivity index (χ4n) is 4.76. The van der Waals surface area contributed by atoms with Crippen LogP contribution in [0, 0.1) is 13.8 Å². The molecule has 0 radical (unpaired) electrons. The summed E-state index contributed by atoms with van der Waals surface area (Å²) in [5, 5.41) is 4.73. The Morgan fingerprint density at radius 3 is 2.77 bits per heavy atom. The molecule has 31 heavy (non-hydrogen) atoms. The van der Waals surface area contributed by atoms with E-state index in [0.717, 1.165) is 35.4 Å². The van der Waals surface area contributed by atoms with E-state index in [1.807, 2.05) is 32.0 Å². The zero-order valence-electron chi connectivity index (χ0n) is 18.1. The number of likely N-dealkylation sites (N-methyl/N-ethyl adjacent to an activating group) is 1. The van der Waals surface area contributed by atoms with Gasteiger partial charge in [0.2, 0.25) is 5.91 Å². The number of carbonyl (C=O) groups excluding carboxylic acids is 2. The van der Waals surface area contributed by atoms with E-state index in [4.69, 9.17) is 11.6 Å². The number of ketones is 1. The second-order valence-electron chi connectivity index (χ2n) is 8.16. The molecule has 1 atom stereocenters. The van der Waals surface area contributed by atoms with E-state index in [1.54, 1.807) is 22.5 Å². The maximum absolute atomic E-state index is 13.4. The molecule has 0 spiro atoms. The monoisotopic (exact) mass is 439 g/mol. The van der Waals surface area contributed by atoms with Crippen LogP contribution in [0.15, 0.2) is 30.6 Å². The minimum absolute atomic E-state index is 0.0563. The van der Waals surface area contributed by atoms with Gasteiger partial charge >= 0.3 is 0 Å². The maximum atomic E-state index is 13.4. The fourth-order valence-corrected chi connectivity index (χ4v) is 5.05. The minimum atomic E-state index is -1.01. The normalized spacial score (nSPS) is 19.0. The Morgan fingerprint density at radius 1 is 1.26 bits per heavy atom. The van der Waals surface area contributed by atoms with Crippen LogP contribution in [0.25, 0.3) is 5.78 Å². The molecule has 4 rings (SSSR count). The first kappa shape index (κ1) is 21.4. The van der Waals surface area contributed by atoms with Gasteiger partial charge in [-0.05, 0) is 51.2 Å². The van der Waals surface area contributed by atoms with Crippen molar-refractivity contribution in [1.29, 1.82) is 0 Å². The Hall–Kier alpha value is -2.80. The summed E-state index contributed by atoms with van der Waals surface area (Å²) < 4.78 is 1.69. The third-order valence-corrected chi connectivity index (χ3v) is 6.83. The van der Waals surface area contributed by atoms with Crippen LogP contribution in [0.5, 0.6) is 0 Å². The highest BCUT2D eigenvalue weighted by Crippen LogP contribution is 2.42. The number of aromatic nitrogens is 4. The summed E-state index contributed by atoms with van der Waals surface area (Å²) in [5.41, 5.74) is 2.44. The number of nitrogens with zero attached hydrogens (tertiary/aromatic N) is 5. The van der Waals surface area contributed by atoms with Gasteiger partial charge in [-0.3, -0.25) is 9.59 Å². The van der Waals surface area contributed by atoms with Gasteiger partial charge in [0.15, 0.2) is 5.78 Å². The Labute approximate surface area is 186 Å². The van der Waals surface area contributed by atoms with Gasteiger partial charge in [-0.2, -0.15) is 10.1 Å². The quantitative estimate of drug-likeness (QED) is 0.603. The zero-order chi connectivity index (χ0) is 22.2. The number of fused-ring (bicyclic) bond motifs is 1. The molecule has 1 unspecified atom stereocenters. The maximum Gasteiger partial charge on any atom is 0.252 e. The zero-order valence-corrected chi connectivity index (χ0v) is 18.8. The number of aryl methyl sites for hydroxylation is 2. The fraction of sp³-hybridized carbons (Fsp3) is 0.435. The van der Waals surface area contributed by atoms with Crippen LogP contribution in [0.4, 0.5) is 0 Å². The summed E-state index contributed by atoms with van der Waals surface area (Å²) in [7, 11) is 1.73. The van der Waals surface area contributed by atoms with E-state index in [0.29, 0.717) is 30.1 Å². The third kappa shape index (κ3) is 3.61. The molecule has 0 aliphatic heterocycles. The lowest BCUT2D eigenvalue weighted by molar-refractivity contribution is -0.148. The number of hydrogen-bond donors (Lipinski definition) is 0. The smallest absolute Gasteiger partial charge is 0.252 e. The first-order chi connectivity index (χ1) is 14.9. The van der Waals surface area contributed by atoms with Crippen LogP contribution in [-0.2, 0) is 21.5 Å². The standard InChI is InChI=1S/C23H26ClN5O2/c1-15-17(16(2)29-22(27-15)25-14-26-29)11-12-21(31)28(3)23(13-7-6-10-20(23)30)18-8-4-5-9-19(18)24/h4-5,8-9,14H,6-7,10-13H2,1-3H3. The molecule has 7 nitrogen and oxygen atoms in total. The van der Waals surface area contributed by atoms with Gasteiger partial charge in [0.25, 0.3) is 5.78 Å². The van der Waals surface area contributed by atoms with Crippen molar-refractivity contribution < 1.29 is 9.59 Å². The summed E-state index contributed by atoms with van der Waals surface area (Å²) in [6.07, 6.45) is 5.00. The predicted octanol–water partition coefficient (Wildman–Crippen LogP) is 3.82. The van der Waals surface area contributed by atoms with Crippen LogP contribution in [0.2, 0.25) is 5.02 Å². The lowest BCUT2D eigenvalue weighted by Gasteiger charge is -2.44. The number of rotatable bonds is 5. The predicted molar refractivity (Wildman–Crippen MR) is 118 cm³/mol. The van der Waals surface area contributed by atoms with Crippen molar-refractivity contribution in [1.82, 2.24) is 24.5 Å². The van der Waals surface area contributed by atoms with Gasteiger partial charge in [0, 0.05) is 41.9 Å². The molecule has 2 aromatic heterocycles. The molecule has 1 amide bonds. The van der Waals surface area contributed by atoms with E-state index < -0.39 is 5.54 Å². The number of hydrogen-bond acceptors (Lipinski definition) is 5. The highest BCUT2D eigenvalue weighted by molar-refractivity contribution is 6.31. The molecule has 1 fully saturated rings. The Balaban J connectivity index is 1.63. The van der Waals surface area contributed by atoms with Crippen molar-refractivity contribution >= 4 is 29.1 Å². The molecule has 2 heterocycles. The lowest BCUT2D eigenvalue weighted by atomic mass is 9.74. The van der Waals surface area contributed by atoms with Crippen LogP contribution in [0.3, 0.4) is 0 Å². The summed E-state index contributed by atoms with van der Waals surface area (Å²) in [6, 6.07) is 7.36. The van der Waals surface area contributed by atoms with Gasteiger partial charge < -0.3 is 4.90 Å². The number of amides is 1. The Morgan fingerprint density at radius 2 is 2.03 bits per heavy atom.